The Balaban J connectivity index is 2.58. The molecule has 0 atom stereocenters. The van der Waals surface area contributed by atoms with Crippen LogP contribution in [0.3, 0.4) is 0 Å². The third kappa shape index (κ3) is 5.84. The second kappa shape index (κ2) is 8.45. The Hall–Kier alpha value is -0.720. The highest BCUT2D eigenvalue weighted by Gasteiger charge is 2.11. The highest BCUT2D eigenvalue weighted by Crippen LogP contribution is 2.27. The molecule has 19 heavy (non-hydrogen) atoms. The van der Waals surface area contributed by atoms with E-state index in [4.69, 9.17) is 4.74 Å². The minimum Gasteiger partial charge on any atom is -0.383 e. The number of nitrogens with zero attached hydrogens (tertiary/aromatic N) is 1. The van der Waals surface area contributed by atoms with Crippen molar-refractivity contribution in [1.82, 2.24) is 5.32 Å². The van der Waals surface area contributed by atoms with E-state index in [2.05, 4.69) is 21.2 Å². The Labute approximate surface area is 121 Å². The summed E-state index contributed by atoms with van der Waals surface area (Å²) in [4.78, 5) is 1.54. The maximum atomic E-state index is 12.3. The fraction of sp³-hybridized carbons (Fsp3) is 0.538. The summed E-state index contributed by atoms with van der Waals surface area (Å²) >= 11 is 3.42. The van der Waals surface area contributed by atoms with Crippen LogP contribution >= 0.6 is 15.9 Å². The molecule has 1 aromatic carbocycles. The fourth-order valence-corrected chi connectivity index (χ4v) is 2.41. The van der Waals surface area contributed by atoms with E-state index in [9.17, 15) is 8.78 Å². The van der Waals surface area contributed by atoms with E-state index < -0.39 is 6.43 Å². The zero-order valence-electron chi connectivity index (χ0n) is 11.1. The number of hydrogen-bond acceptors (Lipinski definition) is 3. The monoisotopic (exact) mass is 336 g/mol. The van der Waals surface area contributed by atoms with Crippen LogP contribution in [0, 0.1) is 0 Å². The average Bonchev–Trinajstić information content (AvgIpc) is 2.33. The van der Waals surface area contributed by atoms with Crippen LogP contribution in [0.4, 0.5) is 14.5 Å². The van der Waals surface area contributed by atoms with Crippen LogP contribution < -0.4 is 10.2 Å². The molecule has 0 amide bonds. The first-order valence-electron chi connectivity index (χ1n) is 6.02. The van der Waals surface area contributed by atoms with Gasteiger partial charge in [-0.05, 0) is 33.6 Å². The van der Waals surface area contributed by atoms with Gasteiger partial charge in [0.25, 0.3) is 6.43 Å². The van der Waals surface area contributed by atoms with E-state index in [-0.39, 0.29) is 6.54 Å². The number of rotatable bonds is 8. The van der Waals surface area contributed by atoms with Crippen LogP contribution in [0.2, 0.25) is 0 Å². The van der Waals surface area contributed by atoms with E-state index in [0.717, 1.165) is 28.8 Å². The van der Waals surface area contributed by atoms with Gasteiger partial charge in [0.2, 0.25) is 0 Å². The Bertz CT molecular complexity index is 391. The van der Waals surface area contributed by atoms with E-state index in [1.54, 1.807) is 14.2 Å². The van der Waals surface area contributed by atoms with Crippen molar-refractivity contribution >= 4 is 21.6 Å². The number of hydrogen-bond donors (Lipinski definition) is 1. The minimum atomic E-state index is -2.34. The summed E-state index contributed by atoms with van der Waals surface area (Å²) in [5, 5.41) is 3.23. The molecule has 0 fully saturated rings. The highest BCUT2D eigenvalue weighted by molar-refractivity contribution is 9.10. The molecule has 0 aromatic heterocycles. The minimum absolute atomic E-state index is 0.274. The van der Waals surface area contributed by atoms with Gasteiger partial charge in [-0.3, -0.25) is 0 Å². The van der Waals surface area contributed by atoms with E-state index in [0.29, 0.717) is 6.61 Å². The topological polar surface area (TPSA) is 24.5 Å². The molecular formula is C13H19BrF2N2O. The maximum Gasteiger partial charge on any atom is 0.255 e. The van der Waals surface area contributed by atoms with Gasteiger partial charge in [-0.2, -0.15) is 0 Å². The van der Waals surface area contributed by atoms with Crippen molar-refractivity contribution < 1.29 is 13.5 Å². The van der Waals surface area contributed by atoms with Crippen molar-refractivity contribution in [3.63, 3.8) is 0 Å². The normalized spacial score (nSPS) is 11.1. The lowest BCUT2D eigenvalue weighted by atomic mass is 10.2. The van der Waals surface area contributed by atoms with E-state index in [1.165, 1.54) is 4.90 Å². The van der Waals surface area contributed by atoms with Gasteiger partial charge in [-0.25, -0.2) is 8.78 Å². The number of methoxy groups -OCH3 is 1. The molecule has 108 valence electrons. The van der Waals surface area contributed by atoms with Gasteiger partial charge >= 0.3 is 0 Å². The number of alkyl halides is 2. The van der Waals surface area contributed by atoms with Gasteiger partial charge in [0.05, 0.1) is 18.8 Å². The number of ether oxygens (including phenoxy) is 1. The van der Waals surface area contributed by atoms with E-state index in [1.807, 2.05) is 18.2 Å². The van der Waals surface area contributed by atoms with Crippen LogP contribution in [0.1, 0.15) is 5.56 Å². The molecule has 0 aliphatic carbocycles. The lowest BCUT2D eigenvalue weighted by Gasteiger charge is -2.20. The molecule has 0 bridgehead atoms. The first-order valence-corrected chi connectivity index (χ1v) is 6.81. The molecular weight excluding hydrogens is 318 g/mol. The molecule has 1 rings (SSSR count). The maximum absolute atomic E-state index is 12.3. The summed E-state index contributed by atoms with van der Waals surface area (Å²) in [7, 11) is 3.31. The number of halogens is 3. The Morgan fingerprint density at radius 1 is 1.42 bits per heavy atom. The molecule has 0 spiro atoms. The fourth-order valence-electron chi connectivity index (χ4n) is 1.68. The molecule has 0 radical (unpaired) electrons. The van der Waals surface area contributed by atoms with Gasteiger partial charge in [-0.1, -0.05) is 6.07 Å². The van der Waals surface area contributed by atoms with Gasteiger partial charge < -0.3 is 15.0 Å². The van der Waals surface area contributed by atoms with Gasteiger partial charge in [-0.15, -0.1) is 0 Å². The van der Waals surface area contributed by atoms with Crippen molar-refractivity contribution in [2.75, 3.05) is 38.8 Å². The number of benzene rings is 1. The quantitative estimate of drug-likeness (QED) is 0.739. The molecule has 1 aromatic rings. The molecule has 6 heteroatoms. The van der Waals surface area contributed by atoms with Gasteiger partial charge in [0.15, 0.2) is 0 Å². The van der Waals surface area contributed by atoms with Crippen molar-refractivity contribution in [3.8, 4) is 0 Å². The van der Waals surface area contributed by atoms with E-state index >= 15 is 0 Å². The van der Waals surface area contributed by atoms with Crippen molar-refractivity contribution in [2.45, 2.75) is 13.0 Å². The number of anilines is 1. The lowest BCUT2D eigenvalue weighted by Crippen LogP contribution is -2.24. The van der Waals surface area contributed by atoms with Crippen molar-refractivity contribution in [1.29, 1.82) is 0 Å². The Morgan fingerprint density at radius 3 is 2.74 bits per heavy atom. The molecule has 3 nitrogen and oxygen atoms in total. The molecule has 0 aliphatic heterocycles. The summed E-state index contributed by atoms with van der Waals surface area (Å²) in [6.45, 7) is 1.89. The molecule has 0 saturated heterocycles. The van der Waals surface area contributed by atoms with Crippen molar-refractivity contribution in [3.05, 3.63) is 28.2 Å². The van der Waals surface area contributed by atoms with Crippen LogP contribution in [0.5, 0.6) is 0 Å². The first kappa shape index (κ1) is 16.3. The summed E-state index contributed by atoms with van der Waals surface area (Å²) in [6, 6.07) is 5.72. The third-order valence-corrected chi connectivity index (χ3v) is 3.28. The molecule has 0 aliphatic rings. The summed E-state index contributed by atoms with van der Waals surface area (Å²) < 4.78 is 30.4. The van der Waals surface area contributed by atoms with Crippen LogP contribution in [0.25, 0.3) is 0 Å². The second-order valence-electron chi connectivity index (χ2n) is 4.23. The van der Waals surface area contributed by atoms with Crippen LogP contribution in [-0.2, 0) is 11.3 Å². The van der Waals surface area contributed by atoms with Gasteiger partial charge in [0.1, 0.15) is 0 Å². The largest absolute Gasteiger partial charge is 0.383 e. The van der Waals surface area contributed by atoms with Crippen LogP contribution in [-0.4, -0.2) is 40.3 Å². The zero-order valence-corrected chi connectivity index (χ0v) is 12.7. The molecule has 0 heterocycles. The molecule has 0 saturated carbocycles. The molecule has 0 unspecified atom stereocenters. The standard InChI is InChI=1S/C13H19BrF2N2O/c1-18(9-13(15)16)12-4-3-10(7-11(12)14)8-17-5-6-19-2/h3-4,7,13,17H,5-6,8-9H2,1-2H3. The Morgan fingerprint density at radius 2 is 2.16 bits per heavy atom. The highest BCUT2D eigenvalue weighted by atomic mass is 79.9. The molecule has 1 N–H and O–H groups in total. The average molecular weight is 337 g/mol. The number of nitrogens with one attached hydrogen (secondary N) is 1. The first-order chi connectivity index (χ1) is 9.04. The zero-order chi connectivity index (χ0) is 14.3. The van der Waals surface area contributed by atoms with Crippen molar-refractivity contribution in [2.24, 2.45) is 0 Å². The SMILES string of the molecule is COCCNCc1ccc(N(C)CC(F)F)c(Br)c1. The van der Waals surface area contributed by atoms with Crippen LogP contribution in [0.15, 0.2) is 22.7 Å². The summed E-state index contributed by atoms with van der Waals surface area (Å²) in [5.74, 6) is 0. The predicted molar refractivity (Wildman–Crippen MR) is 77.0 cm³/mol. The summed E-state index contributed by atoms with van der Waals surface area (Å²) in [5.41, 5.74) is 1.86. The smallest absolute Gasteiger partial charge is 0.255 e. The lowest BCUT2D eigenvalue weighted by molar-refractivity contribution is 0.156. The second-order valence-corrected chi connectivity index (χ2v) is 5.08. The third-order valence-electron chi connectivity index (χ3n) is 2.65. The Kier molecular flexibility index (Phi) is 7.27. The predicted octanol–water partition coefficient (Wildman–Crippen LogP) is 2.89. The van der Waals surface area contributed by atoms with Gasteiger partial charge in [0, 0.05) is 31.7 Å². The summed E-state index contributed by atoms with van der Waals surface area (Å²) in [6.07, 6.45) is -2.34.